The molecule has 0 radical (unpaired) electrons. The molecule has 5 nitrogen and oxygen atoms in total. The van der Waals surface area contributed by atoms with Crippen molar-refractivity contribution in [2.75, 3.05) is 0 Å². The molecular formula is C16H20N2O3. The van der Waals surface area contributed by atoms with Crippen molar-refractivity contribution >= 4 is 5.91 Å². The lowest BCUT2D eigenvalue weighted by atomic mass is 9.99. The summed E-state index contributed by atoms with van der Waals surface area (Å²) in [6.07, 6.45) is 1.11. The van der Waals surface area contributed by atoms with Crippen LogP contribution >= 0.6 is 0 Å². The molecule has 5 heteroatoms. The fourth-order valence-electron chi connectivity index (χ4n) is 1.93. The van der Waals surface area contributed by atoms with Gasteiger partial charge in [0.1, 0.15) is 18.1 Å². The van der Waals surface area contributed by atoms with E-state index < -0.39 is 5.91 Å². The van der Waals surface area contributed by atoms with Gasteiger partial charge in [-0.2, -0.15) is 0 Å². The summed E-state index contributed by atoms with van der Waals surface area (Å²) in [5, 5.41) is 0. The van der Waals surface area contributed by atoms with Crippen LogP contribution in [0, 0.1) is 0 Å². The van der Waals surface area contributed by atoms with Crippen LogP contribution in [0.1, 0.15) is 48.1 Å². The molecule has 0 saturated heterocycles. The topological polar surface area (TPSA) is 77.5 Å². The molecule has 2 aromatic rings. The zero-order chi connectivity index (χ0) is 15.2. The van der Waals surface area contributed by atoms with Crippen LogP contribution in [0.3, 0.4) is 0 Å². The largest absolute Gasteiger partial charge is 0.486 e. The van der Waals surface area contributed by atoms with E-state index in [2.05, 4.69) is 26.0 Å². The number of benzene rings is 1. The number of nitrogen functional groups attached to an aromatic ring is 1. The molecule has 1 unspecified atom stereocenters. The first-order valence-corrected chi connectivity index (χ1v) is 6.96. The number of ether oxygens (including phenoxy) is 1. The van der Waals surface area contributed by atoms with Gasteiger partial charge in [-0.15, -0.1) is 0 Å². The first kappa shape index (κ1) is 15.1. The molecule has 21 heavy (non-hydrogen) atoms. The van der Waals surface area contributed by atoms with Crippen molar-refractivity contribution in [3.05, 3.63) is 53.5 Å². The van der Waals surface area contributed by atoms with Gasteiger partial charge in [-0.25, -0.2) is 5.84 Å². The molecule has 0 aliphatic heterocycles. The zero-order valence-corrected chi connectivity index (χ0v) is 12.3. The summed E-state index contributed by atoms with van der Waals surface area (Å²) in [7, 11) is 0. The third-order valence-electron chi connectivity index (χ3n) is 3.46. The second kappa shape index (κ2) is 6.95. The fraction of sp³-hybridized carbons (Fsp3) is 0.312. The third kappa shape index (κ3) is 3.86. The molecule has 0 aliphatic rings. The summed E-state index contributed by atoms with van der Waals surface area (Å²) < 4.78 is 11.0. The van der Waals surface area contributed by atoms with Crippen molar-refractivity contribution in [2.45, 2.75) is 32.8 Å². The van der Waals surface area contributed by atoms with E-state index in [0.717, 1.165) is 12.2 Å². The minimum atomic E-state index is -0.459. The number of hydrogen-bond acceptors (Lipinski definition) is 4. The fourth-order valence-corrected chi connectivity index (χ4v) is 1.93. The normalized spacial score (nSPS) is 12.0. The van der Waals surface area contributed by atoms with E-state index in [-0.39, 0.29) is 12.4 Å². The summed E-state index contributed by atoms with van der Waals surface area (Å²) in [5.41, 5.74) is 3.31. The average Bonchev–Trinajstić information content (AvgIpc) is 3.01. The van der Waals surface area contributed by atoms with Crippen LogP contribution in [0.15, 0.2) is 40.8 Å². The van der Waals surface area contributed by atoms with Crippen LogP contribution in [0.4, 0.5) is 0 Å². The minimum absolute atomic E-state index is 0.170. The maximum Gasteiger partial charge on any atom is 0.300 e. The summed E-state index contributed by atoms with van der Waals surface area (Å²) in [4.78, 5) is 11.3. The van der Waals surface area contributed by atoms with E-state index in [0.29, 0.717) is 11.7 Å². The number of carbonyl (C=O) groups is 1. The van der Waals surface area contributed by atoms with Gasteiger partial charge in [0.25, 0.3) is 0 Å². The minimum Gasteiger partial charge on any atom is -0.486 e. The highest BCUT2D eigenvalue weighted by Crippen LogP contribution is 2.22. The molecule has 3 N–H and O–H groups in total. The highest BCUT2D eigenvalue weighted by atomic mass is 16.5. The van der Waals surface area contributed by atoms with Crippen LogP contribution in [0.25, 0.3) is 0 Å². The summed E-state index contributed by atoms with van der Waals surface area (Å²) in [6.45, 7) is 4.63. The molecule has 1 aromatic carbocycles. The molecule has 1 atom stereocenters. The smallest absolute Gasteiger partial charge is 0.300 e. The van der Waals surface area contributed by atoms with E-state index in [4.69, 9.17) is 15.0 Å². The first-order chi connectivity index (χ1) is 10.1. The molecule has 1 amide bonds. The lowest BCUT2D eigenvalue weighted by molar-refractivity contribution is 0.0922. The van der Waals surface area contributed by atoms with Gasteiger partial charge in [0.15, 0.2) is 5.76 Å². The Labute approximate surface area is 124 Å². The van der Waals surface area contributed by atoms with Gasteiger partial charge in [-0.05, 0) is 42.2 Å². The second-order valence-electron chi connectivity index (χ2n) is 4.91. The predicted octanol–water partition coefficient (Wildman–Crippen LogP) is 2.98. The number of hydrazine groups is 1. The van der Waals surface area contributed by atoms with Gasteiger partial charge < -0.3 is 9.15 Å². The Morgan fingerprint density at radius 1 is 1.29 bits per heavy atom. The van der Waals surface area contributed by atoms with Gasteiger partial charge in [0, 0.05) is 0 Å². The predicted molar refractivity (Wildman–Crippen MR) is 79.8 cm³/mol. The number of carbonyl (C=O) groups excluding carboxylic acids is 1. The SMILES string of the molecule is CCC(C)c1ccc(OCc2ccc(C(=O)NN)o2)cc1. The van der Waals surface area contributed by atoms with E-state index >= 15 is 0 Å². The van der Waals surface area contributed by atoms with Gasteiger partial charge in [0.05, 0.1) is 0 Å². The number of nitrogens with two attached hydrogens (primary N) is 1. The number of rotatable bonds is 6. The van der Waals surface area contributed by atoms with Gasteiger partial charge in [-0.1, -0.05) is 26.0 Å². The Balaban J connectivity index is 1.93. The number of hydrogen-bond donors (Lipinski definition) is 2. The molecule has 1 aromatic heterocycles. The molecule has 0 bridgehead atoms. The van der Waals surface area contributed by atoms with Crippen LogP contribution in [-0.4, -0.2) is 5.91 Å². The zero-order valence-electron chi connectivity index (χ0n) is 12.3. The van der Waals surface area contributed by atoms with Crippen molar-refractivity contribution in [3.63, 3.8) is 0 Å². The molecule has 0 fully saturated rings. The van der Waals surface area contributed by atoms with Gasteiger partial charge in [-0.3, -0.25) is 10.2 Å². The van der Waals surface area contributed by atoms with Crippen molar-refractivity contribution in [2.24, 2.45) is 5.84 Å². The Morgan fingerprint density at radius 3 is 2.62 bits per heavy atom. The molecule has 0 aliphatic carbocycles. The lowest BCUT2D eigenvalue weighted by Gasteiger charge is -2.10. The summed E-state index contributed by atoms with van der Waals surface area (Å²) in [5.74, 6) is 6.63. The summed E-state index contributed by atoms with van der Waals surface area (Å²) >= 11 is 0. The Kier molecular flexibility index (Phi) is 5.00. The summed E-state index contributed by atoms with van der Waals surface area (Å²) in [6, 6.07) is 11.3. The number of amides is 1. The Morgan fingerprint density at radius 2 is 2.00 bits per heavy atom. The standard InChI is InChI=1S/C16H20N2O3/c1-3-11(2)12-4-6-13(7-5-12)20-10-14-8-9-15(21-14)16(19)18-17/h4-9,11H,3,10,17H2,1-2H3,(H,18,19). The molecule has 112 valence electrons. The Hall–Kier alpha value is -2.27. The number of nitrogens with one attached hydrogen (secondary N) is 1. The van der Waals surface area contributed by atoms with Crippen LogP contribution in [0.5, 0.6) is 5.75 Å². The van der Waals surface area contributed by atoms with Crippen molar-refractivity contribution in [1.29, 1.82) is 0 Å². The molecule has 2 rings (SSSR count). The maximum atomic E-state index is 11.3. The van der Waals surface area contributed by atoms with Crippen molar-refractivity contribution < 1.29 is 13.9 Å². The highest BCUT2D eigenvalue weighted by Gasteiger charge is 2.10. The number of furan rings is 1. The highest BCUT2D eigenvalue weighted by molar-refractivity contribution is 5.90. The van der Waals surface area contributed by atoms with Gasteiger partial charge in [0.2, 0.25) is 0 Å². The van der Waals surface area contributed by atoms with Crippen molar-refractivity contribution in [1.82, 2.24) is 5.43 Å². The van der Waals surface area contributed by atoms with E-state index in [1.54, 1.807) is 12.1 Å². The molecule has 0 spiro atoms. The first-order valence-electron chi connectivity index (χ1n) is 6.96. The van der Waals surface area contributed by atoms with E-state index in [1.165, 1.54) is 5.56 Å². The van der Waals surface area contributed by atoms with E-state index in [9.17, 15) is 4.79 Å². The third-order valence-corrected chi connectivity index (χ3v) is 3.46. The Bertz CT molecular complexity index is 590. The van der Waals surface area contributed by atoms with Gasteiger partial charge >= 0.3 is 5.91 Å². The van der Waals surface area contributed by atoms with Crippen LogP contribution in [0.2, 0.25) is 0 Å². The van der Waals surface area contributed by atoms with Crippen LogP contribution in [-0.2, 0) is 6.61 Å². The van der Waals surface area contributed by atoms with Crippen molar-refractivity contribution in [3.8, 4) is 5.75 Å². The molecule has 0 saturated carbocycles. The van der Waals surface area contributed by atoms with E-state index in [1.807, 2.05) is 17.6 Å². The average molecular weight is 288 g/mol. The monoisotopic (exact) mass is 288 g/mol. The molecule has 1 heterocycles. The second-order valence-corrected chi connectivity index (χ2v) is 4.91. The molecular weight excluding hydrogens is 268 g/mol. The maximum absolute atomic E-state index is 11.3. The lowest BCUT2D eigenvalue weighted by Crippen LogP contribution is -2.29. The quantitative estimate of drug-likeness (QED) is 0.486. The van der Waals surface area contributed by atoms with Crippen LogP contribution < -0.4 is 16.0 Å².